The average Bonchev–Trinajstić information content (AvgIpc) is 3.90. The van der Waals surface area contributed by atoms with Gasteiger partial charge in [-0.15, -0.1) is 0 Å². The molecule has 0 aromatic carbocycles. The zero-order chi connectivity index (χ0) is 30.4. The second-order valence-corrected chi connectivity index (χ2v) is 12.1. The van der Waals surface area contributed by atoms with Crippen molar-refractivity contribution in [1.29, 1.82) is 0 Å². The van der Waals surface area contributed by atoms with Crippen LogP contribution < -0.4 is 10.6 Å². The van der Waals surface area contributed by atoms with Crippen LogP contribution in [-0.4, -0.2) is 43.5 Å². The molecule has 3 heterocycles. The highest BCUT2D eigenvalue weighted by Gasteiger charge is 2.40. The smallest absolute Gasteiger partial charge is 0.349 e. The first-order chi connectivity index (χ1) is 20.5. The first-order valence-corrected chi connectivity index (χ1v) is 14.8. The van der Waals surface area contributed by atoms with Crippen molar-refractivity contribution >= 4 is 17.5 Å². The molecule has 3 aliphatic rings. The van der Waals surface area contributed by atoms with E-state index in [0.29, 0.717) is 22.5 Å². The van der Waals surface area contributed by atoms with Gasteiger partial charge in [0.1, 0.15) is 0 Å². The summed E-state index contributed by atoms with van der Waals surface area (Å²) in [7, 11) is 0. The average molecular weight is 605 g/mol. The number of fused-ring (bicyclic) bond motifs is 1. The van der Waals surface area contributed by atoms with E-state index in [-0.39, 0.29) is 49.3 Å². The number of halogens is 5. The fourth-order valence-corrected chi connectivity index (χ4v) is 5.97. The van der Waals surface area contributed by atoms with Gasteiger partial charge in [0.15, 0.2) is 5.65 Å². The molecular weight excluding hydrogens is 571 g/mol. The van der Waals surface area contributed by atoms with Gasteiger partial charge in [-0.25, -0.2) is 18.3 Å². The van der Waals surface area contributed by atoms with Gasteiger partial charge in [-0.3, -0.25) is 14.6 Å². The molecule has 0 aliphatic heterocycles. The maximum atomic E-state index is 14.1. The van der Waals surface area contributed by atoms with Crippen LogP contribution in [0.1, 0.15) is 110 Å². The van der Waals surface area contributed by atoms with Gasteiger partial charge in [-0.05, 0) is 74.1 Å². The van der Waals surface area contributed by atoms with Crippen LogP contribution in [0.4, 0.5) is 22.0 Å². The van der Waals surface area contributed by atoms with Gasteiger partial charge in [-0.2, -0.15) is 18.3 Å². The maximum absolute atomic E-state index is 14.1. The Bertz CT molecular complexity index is 1490. The summed E-state index contributed by atoms with van der Waals surface area (Å²) < 4.78 is 67.5. The van der Waals surface area contributed by atoms with Crippen LogP contribution in [0.5, 0.6) is 0 Å². The Morgan fingerprint density at radius 3 is 2.42 bits per heavy atom. The Morgan fingerprint density at radius 2 is 1.74 bits per heavy atom. The Morgan fingerprint density at radius 1 is 1.02 bits per heavy atom. The molecule has 1 unspecified atom stereocenters. The first kappa shape index (κ1) is 29.4. The summed E-state index contributed by atoms with van der Waals surface area (Å²) in [5, 5.41) is 10.2. The molecule has 0 spiro atoms. The zero-order valence-corrected chi connectivity index (χ0v) is 23.4. The van der Waals surface area contributed by atoms with Gasteiger partial charge in [0.25, 0.3) is 5.91 Å². The SMILES string of the molecule is O=C(CCC(F)(F)F)NC(c1cnn2cc([C@@H](NC(=O)c3cccnc3C3CC3)C3CCC(F)(F)CC3)nc2c1)C1CC1. The van der Waals surface area contributed by atoms with E-state index in [4.69, 9.17) is 4.98 Å². The van der Waals surface area contributed by atoms with Crippen molar-refractivity contribution in [2.45, 2.75) is 94.3 Å². The van der Waals surface area contributed by atoms with Crippen molar-refractivity contribution in [3.8, 4) is 0 Å². The summed E-state index contributed by atoms with van der Waals surface area (Å²) in [4.78, 5) is 35.0. The lowest BCUT2D eigenvalue weighted by molar-refractivity contribution is -0.144. The van der Waals surface area contributed by atoms with Crippen molar-refractivity contribution < 1.29 is 31.5 Å². The Balaban J connectivity index is 1.26. The second kappa shape index (κ2) is 11.5. The molecule has 8 nitrogen and oxygen atoms in total. The Labute approximate surface area is 244 Å². The lowest BCUT2D eigenvalue weighted by Crippen LogP contribution is -2.37. The summed E-state index contributed by atoms with van der Waals surface area (Å²) in [6.07, 6.45) is 2.03. The molecule has 0 bridgehead atoms. The summed E-state index contributed by atoms with van der Waals surface area (Å²) in [5.41, 5.74) is 2.72. The molecule has 13 heteroatoms. The van der Waals surface area contributed by atoms with E-state index in [1.807, 2.05) is 0 Å². The van der Waals surface area contributed by atoms with Gasteiger partial charge in [0.2, 0.25) is 11.8 Å². The topological polar surface area (TPSA) is 101 Å². The molecule has 3 fully saturated rings. The molecule has 0 saturated heterocycles. The lowest BCUT2D eigenvalue weighted by Gasteiger charge is -2.33. The van der Waals surface area contributed by atoms with Crippen molar-refractivity contribution in [3.05, 3.63) is 59.3 Å². The van der Waals surface area contributed by atoms with Crippen molar-refractivity contribution in [3.63, 3.8) is 0 Å². The van der Waals surface area contributed by atoms with Crippen LogP contribution in [0.3, 0.4) is 0 Å². The molecule has 43 heavy (non-hydrogen) atoms. The number of carbonyl (C=O) groups is 2. The third kappa shape index (κ3) is 7.13. The highest BCUT2D eigenvalue weighted by Crippen LogP contribution is 2.44. The summed E-state index contributed by atoms with van der Waals surface area (Å²) in [5.74, 6) is -3.72. The zero-order valence-electron chi connectivity index (χ0n) is 23.4. The quantitative estimate of drug-likeness (QED) is 0.268. The van der Waals surface area contributed by atoms with Crippen molar-refractivity contribution in [2.75, 3.05) is 0 Å². The number of carbonyl (C=O) groups excluding carboxylic acids is 2. The summed E-state index contributed by atoms with van der Waals surface area (Å²) in [6, 6.07) is 4.00. The van der Waals surface area contributed by atoms with E-state index in [0.717, 1.165) is 31.4 Å². The molecule has 3 aromatic rings. The minimum absolute atomic E-state index is 0.0876. The van der Waals surface area contributed by atoms with Gasteiger partial charge in [0.05, 0.1) is 47.8 Å². The third-order valence-corrected chi connectivity index (χ3v) is 8.65. The molecule has 3 aliphatic carbocycles. The number of pyridine rings is 1. The lowest BCUT2D eigenvalue weighted by atomic mass is 9.81. The summed E-state index contributed by atoms with van der Waals surface area (Å²) in [6.45, 7) is 0. The van der Waals surface area contributed by atoms with Crippen LogP contribution in [0.2, 0.25) is 0 Å². The Hall–Kier alpha value is -3.64. The number of alkyl halides is 5. The van der Waals surface area contributed by atoms with E-state index in [9.17, 15) is 31.5 Å². The van der Waals surface area contributed by atoms with Gasteiger partial charge >= 0.3 is 6.18 Å². The highest BCUT2D eigenvalue weighted by molar-refractivity contribution is 5.95. The van der Waals surface area contributed by atoms with Crippen LogP contribution in [0.25, 0.3) is 5.65 Å². The number of hydrogen-bond donors (Lipinski definition) is 2. The number of amides is 2. The van der Waals surface area contributed by atoms with Gasteiger partial charge in [-0.1, -0.05) is 0 Å². The Kier molecular flexibility index (Phi) is 7.84. The molecule has 6 rings (SSSR count). The molecule has 3 saturated carbocycles. The normalized spacial score (nSPS) is 20.5. The monoisotopic (exact) mass is 604 g/mol. The molecule has 2 atom stereocenters. The first-order valence-electron chi connectivity index (χ1n) is 14.8. The van der Waals surface area contributed by atoms with Crippen LogP contribution in [-0.2, 0) is 4.79 Å². The van der Waals surface area contributed by atoms with E-state index in [1.165, 1.54) is 4.52 Å². The largest absolute Gasteiger partial charge is 0.389 e. The fourth-order valence-electron chi connectivity index (χ4n) is 5.97. The predicted octanol–water partition coefficient (Wildman–Crippen LogP) is 6.21. The third-order valence-electron chi connectivity index (χ3n) is 8.65. The van der Waals surface area contributed by atoms with Gasteiger partial charge in [0, 0.05) is 31.4 Å². The molecule has 0 radical (unpaired) electrons. The number of hydrogen-bond acceptors (Lipinski definition) is 5. The van der Waals surface area contributed by atoms with Crippen LogP contribution in [0.15, 0.2) is 36.8 Å². The number of rotatable bonds is 10. The van der Waals surface area contributed by atoms with Gasteiger partial charge < -0.3 is 10.6 Å². The standard InChI is InChI=1S/C30H33F5N6O2/c31-29(32)10-7-19(8-11-29)27(40-28(43)21-2-1-13-36-26(21)18-5-6-18)22-16-41-23(38-22)14-20(15-37-41)25(17-3-4-17)39-24(42)9-12-30(33,34)35/h1-2,13-19,25,27H,3-12H2,(H,39,42)(H,40,43)/t25?,27-/m0/s1. The predicted molar refractivity (Wildman–Crippen MR) is 145 cm³/mol. The van der Waals surface area contributed by atoms with E-state index in [1.54, 1.807) is 36.8 Å². The minimum atomic E-state index is -4.42. The highest BCUT2D eigenvalue weighted by atomic mass is 19.4. The maximum Gasteiger partial charge on any atom is 0.389 e. The number of nitrogens with zero attached hydrogens (tertiary/aromatic N) is 4. The molecule has 2 N–H and O–H groups in total. The second-order valence-electron chi connectivity index (χ2n) is 12.1. The molecule has 230 valence electrons. The summed E-state index contributed by atoms with van der Waals surface area (Å²) >= 11 is 0. The van der Waals surface area contributed by atoms with E-state index < -0.39 is 42.9 Å². The van der Waals surface area contributed by atoms with Crippen molar-refractivity contribution in [2.24, 2.45) is 11.8 Å². The molecular formula is C30H33F5N6O2. The molecule has 2 amide bonds. The van der Waals surface area contributed by atoms with E-state index in [2.05, 4.69) is 20.7 Å². The van der Waals surface area contributed by atoms with Crippen LogP contribution in [0, 0.1) is 11.8 Å². The van der Waals surface area contributed by atoms with Crippen molar-refractivity contribution in [1.82, 2.24) is 30.2 Å². The number of nitrogens with one attached hydrogen (secondary N) is 2. The van der Waals surface area contributed by atoms with Crippen LogP contribution >= 0.6 is 0 Å². The minimum Gasteiger partial charge on any atom is -0.349 e. The number of imidazole rings is 1. The van der Waals surface area contributed by atoms with E-state index >= 15 is 0 Å². The number of aromatic nitrogens is 4. The molecule has 3 aromatic heterocycles. The fraction of sp³-hybridized carbons (Fsp3) is 0.567.